The van der Waals surface area contributed by atoms with Gasteiger partial charge in [-0.15, -0.1) is 11.3 Å². The van der Waals surface area contributed by atoms with E-state index >= 15 is 0 Å². The minimum Gasteiger partial charge on any atom is -0.354 e. The predicted octanol–water partition coefficient (Wildman–Crippen LogP) is 2.26. The number of benzene rings is 1. The van der Waals surface area contributed by atoms with Crippen LogP contribution >= 0.6 is 11.3 Å². The van der Waals surface area contributed by atoms with Crippen LogP contribution in [-0.4, -0.2) is 50.0 Å². The van der Waals surface area contributed by atoms with Crippen molar-refractivity contribution in [1.82, 2.24) is 10.2 Å². The van der Waals surface area contributed by atoms with E-state index in [1.54, 1.807) is 35.2 Å². The third kappa shape index (κ3) is 5.20. The minimum atomic E-state index is -3.35. The highest BCUT2D eigenvalue weighted by molar-refractivity contribution is 7.91. The lowest BCUT2D eigenvalue weighted by Gasteiger charge is -2.23. The van der Waals surface area contributed by atoms with Gasteiger partial charge in [0.1, 0.15) is 6.04 Å². The Balaban J connectivity index is 1.47. The van der Waals surface area contributed by atoms with Crippen LogP contribution < -0.4 is 5.32 Å². The number of thiophene rings is 1. The SMILES string of the molecule is O=C(NCCCS(=O)(=O)c1ccccc1)C1CCCN1C(=O)Cc1cccs1. The molecule has 1 N–H and O–H groups in total. The van der Waals surface area contributed by atoms with E-state index in [9.17, 15) is 18.0 Å². The van der Waals surface area contributed by atoms with Gasteiger partial charge in [-0.05, 0) is 42.8 Å². The molecule has 150 valence electrons. The minimum absolute atomic E-state index is 0.0248. The standard InChI is InChI=1S/C20H24N2O4S2/c23-19(15-16-7-5-13-27-16)22-12-4-10-18(22)20(24)21-11-6-14-28(25,26)17-8-2-1-3-9-17/h1-3,5,7-9,13,18H,4,6,10-12,14-15H2,(H,21,24). The van der Waals surface area contributed by atoms with Gasteiger partial charge in [0, 0.05) is 18.0 Å². The molecule has 2 aromatic rings. The third-order valence-corrected chi connectivity index (χ3v) is 7.47. The summed E-state index contributed by atoms with van der Waals surface area (Å²) < 4.78 is 24.5. The molecule has 28 heavy (non-hydrogen) atoms. The average Bonchev–Trinajstić information content (AvgIpc) is 3.37. The van der Waals surface area contributed by atoms with Gasteiger partial charge < -0.3 is 10.2 Å². The Bertz CT molecular complexity index is 896. The molecule has 0 radical (unpaired) electrons. The second kappa shape index (κ2) is 9.34. The first kappa shape index (κ1) is 20.5. The van der Waals surface area contributed by atoms with Gasteiger partial charge in [0.2, 0.25) is 11.8 Å². The number of carbonyl (C=O) groups excluding carboxylic acids is 2. The highest BCUT2D eigenvalue weighted by Gasteiger charge is 2.33. The van der Waals surface area contributed by atoms with Gasteiger partial charge in [0.05, 0.1) is 17.1 Å². The van der Waals surface area contributed by atoms with Crippen molar-refractivity contribution in [3.63, 3.8) is 0 Å². The Morgan fingerprint density at radius 1 is 1.14 bits per heavy atom. The van der Waals surface area contributed by atoms with Gasteiger partial charge in [0.25, 0.3) is 0 Å². The summed E-state index contributed by atoms with van der Waals surface area (Å²) in [5, 5.41) is 4.73. The Labute approximate surface area is 169 Å². The molecule has 1 aromatic heterocycles. The number of sulfone groups is 1. The van der Waals surface area contributed by atoms with E-state index in [4.69, 9.17) is 0 Å². The molecule has 2 heterocycles. The van der Waals surface area contributed by atoms with Crippen LogP contribution in [0.3, 0.4) is 0 Å². The van der Waals surface area contributed by atoms with Crippen LogP contribution in [0.5, 0.6) is 0 Å². The van der Waals surface area contributed by atoms with Crippen LogP contribution in [0.1, 0.15) is 24.1 Å². The highest BCUT2D eigenvalue weighted by Crippen LogP contribution is 2.20. The number of rotatable bonds is 8. The maximum Gasteiger partial charge on any atom is 0.242 e. The molecule has 0 saturated carbocycles. The summed E-state index contributed by atoms with van der Waals surface area (Å²) in [7, 11) is -3.35. The molecule has 6 nitrogen and oxygen atoms in total. The van der Waals surface area contributed by atoms with Gasteiger partial charge in [-0.25, -0.2) is 8.42 Å². The van der Waals surface area contributed by atoms with Crippen molar-refractivity contribution in [3.8, 4) is 0 Å². The van der Waals surface area contributed by atoms with E-state index in [2.05, 4.69) is 5.32 Å². The first-order valence-electron chi connectivity index (χ1n) is 9.35. The predicted molar refractivity (Wildman–Crippen MR) is 109 cm³/mol. The molecule has 0 spiro atoms. The van der Waals surface area contributed by atoms with Crippen molar-refractivity contribution in [2.45, 2.75) is 36.6 Å². The summed E-state index contributed by atoms with van der Waals surface area (Å²) in [5.74, 6) is -0.260. The zero-order chi connectivity index (χ0) is 20.0. The quantitative estimate of drug-likeness (QED) is 0.664. The second-order valence-electron chi connectivity index (χ2n) is 6.78. The second-order valence-corrected chi connectivity index (χ2v) is 9.92. The van der Waals surface area contributed by atoms with E-state index in [-0.39, 0.29) is 24.1 Å². The number of hydrogen-bond donors (Lipinski definition) is 1. The average molecular weight is 421 g/mol. The van der Waals surface area contributed by atoms with Crippen molar-refractivity contribution in [3.05, 3.63) is 52.7 Å². The molecule has 0 bridgehead atoms. The maximum absolute atomic E-state index is 12.5. The molecule has 3 rings (SSSR count). The van der Waals surface area contributed by atoms with E-state index in [1.807, 2.05) is 17.5 Å². The van der Waals surface area contributed by atoms with E-state index < -0.39 is 15.9 Å². The lowest BCUT2D eigenvalue weighted by Crippen LogP contribution is -2.46. The van der Waals surface area contributed by atoms with Crippen molar-refractivity contribution in [2.75, 3.05) is 18.8 Å². The van der Waals surface area contributed by atoms with Gasteiger partial charge in [-0.3, -0.25) is 9.59 Å². The monoisotopic (exact) mass is 420 g/mol. The molecule has 8 heteroatoms. The lowest BCUT2D eigenvalue weighted by atomic mass is 10.2. The van der Waals surface area contributed by atoms with Crippen molar-refractivity contribution in [2.24, 2.45) is 0 Å². The Kier molecular flexibility index (Phi) is 6.85. The number of hydrogen-bond acceptors (Lipinski definition) is 5. The summed E-state index contributed by atoms with van der Waals surface area (Å²) in [4.78, 5) is 28.0. The summed E-state index contributed by atoms with van der Waals surface area (Å²) in [6.45, 7) is 0.860. The zero-order valence-corrected chi connectivity index (χ0v) is 17.2. The van der Waals surface area contributed by atoms with Crippen LogP contribution in [0.15, 0.2) is 52.7 Å². The van der Waals surface area contributed by atoms with Crippen molar-refractivity contribution in [1.29, 1.82) is 0 Å². The molecule has 1 aliphatic rings. The number of nitrogens with one attached hydrogen (secondary N) is 1. The molecule has 2 amide bonds. The van der Waals surface area contributed by atoms with Gasteiger partial charge in [-0.1, -0.05) is 24.3 Å². The zero-order valence-electron chi connectivity index (χ0n) is 15.5. The van der Waals surface area contributed by atoms with E-state index in [0.717, 1.165) is 11.3 Å². The topological polar surface area (TPSA) is 83.6 Å². The van der Waals surface area contributed by atoms with Crippen LogP contribution in [0.4, 0.5) is 0 Å². The van der Waals surface area contributed by atoms with Crippen LogP contribution in [-0.2, 0) is 25.8 Å². The number of likely N-dealkylation sites (tertiary alicyclic amines) is 1. The first-order valence-corrected chi connectivity index (χ1v) is 11.9. The van der Waals surface area contributed by atoms with Crippen molar-refractivity contribution >= 4 is 33.0 Å². The summed E-state index contributed by atoms with van der Waals surface area (Å²) >= 11 is 1.53. The van der Waals surface area contributed by atoms with E-state index in [0.29, 0.717) is 30.7 Å². The third-order valence-electron chi connectivity index (χ3n) is 4.77. The summed E-state index contributed by atoms with van der Waals surface area (Å²) in [6, 6.07) is 11.7. The molecule has 1 aliphatic heterocycles. The molecule has 1 unspecified atom stereocenters. The fraction of sp³-hybridized carbons (Fsp3) is 0.400. The smallest absolute Gasteiger partial charge is 0.242 e. The molecule has 1 fully saturated rings. The largest absolute Gasteiger partial charge is 0.354 e. The lowest BCUT2D eigenvalue weighted by molar-refractivity contribution is -0.137. The normalized spacial score (nSPS) is 16.9. The molecule has 0 aliphatic carbocycles. The Hall–Kier alpha value is -2.19. The molecule has 1 saturated heterocycles. The van der Waals surface area contributed by atoms with Gasteiger partial charge in [0.15, 0.2) is 9.84 Å². The number of amides is 2. The highest BCUT2D eigenvalue weighted by atomic mass is 32.2. The number of nitrogens with zero attached hydrogens (tertiary/aromatic N) is 1. The summed E-state index contributed by atoms with van der Waals surface area (Å²) in [6.07, 6.45) is 2.09. The molecule has 1 aromatic carbocycles. The van der Waals surface area contributed by atoms with Crippen LogP contribution in [0, 0.1) is 0 Å². The Morgan fingerprint density at radius 3 is 2.64 bits per heavy atom. The van der Waals surface area contributed by atoms with Crippen LogP contribution in [0.25, 0.3) is 0 Å². The molecular weight excluding hydrogens is 396 g/mol. The fourth-order valence-electron chi connectivity index (χ4n) is 3.34. The molecule has 1 atom stereocenters. The van der Waals surface area contributed by atoms with Crippen molar-refractivity contribution < 1.29 is 18.0 Å². The molecular formula is C20H24N2O4S2. The van der Waals surface area contributed by atoms with Crippen LogP contribution in [0.2, 0.25) is 0 Å². The fourth-order valence-corrected chi connectivity index (χ4v) is 5.37. The summed E-state index contributed by atoms with van der Waals surface area (Å²) in [5.41, 5.74) is 0. The maximum atomic E-state index is 12.5. The van der Waals surface area contributed by atoms with E-state index in [1.165, 1.54) is 11.3 Å². The number of carbonyl (C=O) groups is 2. The van der Waals surface area contributed by atoms with Gasteiger partial charge >= 0.3 is 0 Å². The van der Waals surface area contributed by atoms with Gasteiger partial charge in [-0.2, -0.15) is 0 Å². The Morgan fingerprint density at radius 2 is 1.93 bits per heavy atom. The first-order chi connectivity index (χ1) is 13.5.